The Morgan fingerprint density at radius 3 is 2.69 bits per heavy atom. The largest absolute Gasteiger partial charge is 0.444 e. The number of carbonyl (C=O) groups excluding carboxylic acids is 2. The van der Waals surface area contributed by atoms with Crippen molar-refractivity contribution >= 4 is 12.0 Å². The van der Waals surface area contributed by atoms with Gasteiger partial charge in [-0.2, -0.15) is 0 Å². The number of amides is 2. The molecule has 1 aliphatic rings. The van der Waals surface area contributed by atoms with Gasteiger partial charge in [-0.3, -0.25) is 4.79 Å². The standard InChI is InChI=1S/C21H28N4O4/c1-21(2,3)29-20(27)25-12-9-16(24-19(26)18-22-10-11-23-18)17(13-25)28-14-15-7-5-4-6-8-15/h4-8,10-11,16-17H,9,12-14H2,1-3H3,(H,22,23)(H,24,26)/t16-,17+/m0/s1. The molecule has 1 fully saturated rings. The molecule has 1 aromatic heterocycles. The second-order valence-corrected chi connectivity index (χ2v) is 8.07. The Balaban J connectivity index is 1.67. The van der Waals surface area contributed by atoms with Crippen molar-refractivity contribution in [1.29, 1.82) is 0 Å². The Kier molecular flexibility index (Phi) is 6.53. The third kappa shape index (κ3) is 6.05. The topological polar surface area (TPSA) is 96.5 Å². The van der Waals surface area contributed by atoms with Crippen LogP contribution in [0.25, 0.3) is 0 Å². The quantitative estimate of drug-likeness (QED) is 0.804. The lowest BCUT2D eigenvalue weighted by atomic mass is 10.0. The Bertz CT molecular complexity index is 802. The third-order valence-corrected chi connectivity index (χ3v) is 4.55. The van der Waals surface area contributed by atoms with Crippen molar-refractivity contribution in [2.24, 2.45) is 0 Å². The first-order chi connectivity index (χ1) is 13.8. The summed E-state index contributed by atoms with van der Waals surface area (Å²) in [7, 11) is 0. The first kappa shape index (κ1) is 20.9. The van der Waals surface area contributed by atoms with E-state index in [4.69, 9.17) is 9.47 Å². The molecule has 0 bridgehead atoms. The summed E-state index contributed by atoms with van der Waals surface area (Å²) in [4.78, 5) is 33.4. The van der Waals surface area contributed by atoms with Gasteiger partial charge in [0, 0.05) is 18.9 Å². The zero-order valence-corrected chi connectivity index (χ0v) is 17.1. The molecule has 0 aliphatic carbocycles. The minimum Gasteiger partial charge on any atom is -0.444 e. The zero-order chi connectivity index (χ0) is 20.9. The lowest BCUT2D eigenvalue weighted by Gasteiger charge is -2.39. The predicted octanol–water partition coefficient (Wildman–Crippen LogP) is 2.73. The SMILES string of the molecule is CC(C)(C)OC(=O)N1CC[C@H](NC(=O)c2ncc[nH]2)[C@H](OCc2ccccc2)C1. The molecule has 2 atom stereocenters. The van der Waals surface area contributed by atoms with E-state index in [1.165, 1.54) is 6.20 Å². The lowest BCUT2D eigenvalue weighted by molar-refractivity contribution is -0.0394. The highest BCUT2D eigenvalue weighted by atomic mass is 16.6. The summed E-state index contributed by atoms with van der Waals surface area (Å²) >= 11 is 0. The number of imidazole rings is 1. The number of hydrogen-bond acceptors (Lipinski definition) is 5. The summed E-state index contributed by atoms with van der Waals surface area (Å²) in [6.07, 6.45) is 2.95. The number of benzene rings is 1. The second kappa shape index (κ2) is 9.09. The molecular formula is C21H28N4O4. The maximum Gasteiger partial charge on any atom is 0.410 e. The van der Waals surface area contributed by atoms with Crippen LogP contribution >= 0.6 is 0 Å². The average Bonchev–Trinajstić information content (AvgIpc) is 3.21. The average molecular weight is 400 g/mol. The van der Waals surface area contributed by atoms with Crippen molar-refractivity contribution < 1.29 is 19.1 Å². The molecule has 0 radical (unpaired) electrons. The van der Waals surface area contributed by atoms with Gasteiger partial charge in [0.2, 0.25) is 0 Å². The summed E-state index contributed by atoms with van der Waals surface area (Å²) in [5.41, 5.74) is 0.458. The van der Waals surface area contributed by atoms with E-state index in [0.29, 0.717) is 26.1 Å². The van der Waals surface area contributed by atoms with Gasteiger partial charge in [0.05, 0.1) is 25.3 Å². The van der Waals surface area contributed by atoms with Crippen LogP contribution in [0.5, 0.6) is 0 Å². The highest BCUT2D eigenvalue weighted by Crippen LogP contribution is 2.19. The third-order valence-electron chi connectivity index (χ3n) is 4.55. The van der Waals surface area contributed by atoms with Crippen LogP contribution in [-0.4, -0.2) is 57.7 Å². The Labute approximate surface area is 170 Å². The van der Waals surface area contributed by atoms with Crippen LogP contribution in [0.1, 0.15) is 43.4 Å². The molecule has 0 unspecified atom stereocenters. The molecule has 0 saturated carbocycles. The monoisotopic (exact) mass is 400 g/mol. The highest BCUT2D eigenvalue weighted by Gasteiger charge is 2.35. The Morgan fingerprint density at radius 2 is 2.03 bits per heavy atom. The second-order valence-electron chi connectivity index (χ2n) is 8.07. The van der Waals surface area contributed by atoms with Crippen LogP contribution in [0.15, 0.2) is 42.7 Å². The molecule has 2 heterocycles. The van der Waals surface area contributed by atoms with Crippen molar-refractivity contribution in [3.05, 3.63) is 54.1 Å². The normalized spacial score (nSPS) is 19.6. The van der Waals surface area contributed by atoms with Crippen LogP contribution in [0.3, 0.4) is 0 Å². The van der Waals surface area contributed by atoms with Crippen LogP contribution in [-0.2, 0) is 16.1 Å². The van der Waals surface area contributed by atoms with Gasteiger partial charge in [-0.1, -0.05) is 30.3 Å². The van der Waals surface area contributed by atoms with Crippen molar-refractivity contribution in [2.45, 2.75) is 51.5 Å². The van der Waals surface area contributed by atoms with E-state index >= 15 is 0 Å². The zero-order valence-electron chi connectivity index (χ0n) is 17.1. The molecule has 8 nitrogen and oxygen atoms in total. The molecule has 3 rings (SSSR count). The first-order valence-electron chi connectivity index (χ1n) is 9.75. The van der Waals surface area contributed by atoms with Gasteiger partial charge < -0.3 is 24.7 Å². The molecule has 2 aromatic rings. The number of aromatic amines is 1. The number of hydrogen-bond donors (Lipinski definition) is 2. The molecule has 2 amide bonds. The van der Waals surface area contributed by atoms with E-state index in [1.54, 1.807) is 11.1 Å². The Hall–Kier alpha value is -2.87. The van der Waals surface area contributed by atoms with Crippen LogP contribution in [0, 0.1) is 0 Å². The van der Waals surface area contributed by atoms with Crippen molar-refractivity contribution in [3.63, 3.8) is 0 Å². The molecule has 8 heteroatoms. The fourth-order valence-electron chi connectivity index (χ4n) is 3.15. The lowest BCUT2D eigenvalue weighted by Crippen LogP contribution is -2.56. The van der Waals surface area contributed by atoms with Gasteiger partial charge in [0.25, 0.3) is 5.91 Å². The van der Waals surface area contributed by atoms with Gasteiger partial charge in [-0.15, -0.1) is 0 Å². The van der Waals surface area contributed by atoms with Gasteiger partial charge >= 0.3 is 6.09 Å². The number of ether oxygens (including phenoxy) is 2. The molecule has 1 aromatic carbocycles. The highest BCUT2D eigenvalue weighted by molar-refractivity contribution is 5.90. The minimum atomic E-state index is -0.568. The Morgan fingerprint density at radius 1 is 1.28 bits per heavy atom. The van der Waals surface area contributed by atoms with Gasteiger partial charge in [0.15, 0.2) is 5.82 Å². The minimum absolute atomic E-state index is 0.241. The van der Waals surface area contributed by atoms with Gasteiger partial charge in [-0.05, 0) is 32.8 Å². The number of aromatic nitrogens is 2. The van der Waals surface area contributed by atoms with Crippen molar-refractivity contribution in [1.82, 2.24) is 20.2 Å². The van der Waals surface area contributed by atoms with Crippen LogP contribution in [0.2, 0.25) is 0 Å². The fourth-order valence-corrected chi connectivity index (χ4v) is 3.15. The fraction of sp³-hybridized carbons (Fsp3) is 0.476. The number of likely N-dealkylation sites (tertiary alicyclic amines) is 1. The number of piperidine rings is 1. The van der Waals surface area contributed by atoms with E-state index in [9.17, 15) is 9.59 Å². The van der Waals surface area contributed by atoms with Crippen molar-refractivity contribution in [3.8, 4) is 0 Å². The van der Waals surface area contributed by atoms with E-state index in [-0.39, 0.29) is 30.0 Å². The maximum absolute atomic E-state index is 12.5. The van der Waals surface area contributed by atoms with Gasteiger partial charge in [-0.25, -0.2) is 9.78 Å². The first-order valence-corrected chi connectivity index (χ1v) is 9.75. The predicted molar refractivity (Wildman–Crippen MR) is 107 cm³/mol. The number of H-pyrrole nitrogens is 1. The maximum atomic E-state index is 12.5. The summed E-state index contributed by atoms with van der Waals surface area (Å²) in [5.74, 6) is -0.0413. The summed E-state index contributed by atoms with van der Waals surface area (Å²) in [6, 6.07) is 9.55. The van der Waals surface area contributed by atoms with Crippen molar-refractivity contribution in [2.75, 3.05) is 13.1 Å². The molecule has 29 heavy (non-hydrogen) atoms. The molecule has 2 N–H and O–H groups in total. The molecular weight excluding hydrogens is 372 g/mol. The van der Waals surface area contributed by atoms with E-state index in [0.717, 1.165) is 5.56 Å². The summed E-state index contributed by atoms with van der Waals surface area (Å²) < 4.78 is 11.6. The van der Waals surface area contributed by atoms with E-state index in [2.05, 4.69) is 15.3 Å². The van der Waals surface area contributed by atoms with Crippen LogP contribution in [0.4, 0.5) is 4.79 Å². The van der Waals surface area contributed by atoms with E-state index < -0.39 is 5.60 Å². The number of carbonyl (C=O) groups is 2. The number of nitrogens with zero attached hydrogens (tertiary/aromatic N) is 2. The number of rotatable bonds is 5. The smallest absolute Gasteiger partial charge is 0.410 e. The molecule has 156 valence electrons. The van der Waals surface area contributed by atoms with E-state index in [1.807, 2.05) is 51.1 Å². The molecule has 0 spiro atoms. The van der Waals surface area contributed by atoms with Gasteiger partial charge in [0.1, 0.15) is 5.60 Å². The molecule has 1 saturated heterocycles. The van der Waals surface area contributed by atoms with Crippen LogP contribution < -0.4 is 5.32 Å². The summed E-state index contributed by atoms with van der Waals surface area (Å²) in [5, 5.41) is 2.98. The summed E-state index contributed by atoms with van der Waals surface area (Å²) in [6.45, 7) is 6.72. The molecule has 1 aliphatic heterocycles. The number of nitrogens with one attached hydrogen (secondary N) is 2.